The molecule has 0 unspecified atom stereocenters. The van der Waals surface area contributed by atoms with Gasteiger partial charge in [-0.3, -0.25) is 0 Å². The summed E-state index contributed by atoms with van der Waals surface area (Å²) in [5, 5.41) is 3.39. The van der Waals surface area contributed by atoms with Gasteiger partial charge in [0, 0.05) is 17.8 Å². The molecule has 0 amide bonds. The van der Waals surface area contributed by atoms with Crippen LogP contribution in [0.5, 0.6) is 0 Å². The third kappa shape index (κ3) is 5.15. The van der Waals surface area contributed by atoms with Gasteiger partial charge in [-0.1, -0.05) is 73.3 Å². The van der Waals surface area contributed by atoms with E-state index >= 15 is 0 Å². The zero-order chi connectivity index (χ0) is 16.5. The van der Waals surface area contributed by atoms with E-state index in [0.717, 1.165) is 16.8 Å². The Kier molecular flexibility index (Phi) is 6.18. The predicted molar refractivity (Wildman–Crippen MR) is 93.6 cm³/mol. The average Bonchev–Trinajstić information content (AvgIpc) is 2.61. The number of nitrogens with one attached hydrogen (secondary N) is 1. The fourth-order valence-corrected chi connectivity index (χ4v) is 2.18. The van der Waals surface area contributed by atoms with Gasteiger partial charge in [0.2, 0.25) is 0 Å². The van der Waals surface area contributed by atoms with Crippen LogP contribution in [0.2, 0.25) is 0 Å². The van der Waals surface area contributed by atoms with E-state index in [2.05, 4.69) is 31.0 Å². The van der Waals surface area contributed by atoms with Gasteiger partial charge in [-0.05, 0) is 18.1 Å². The third-order valence-electron chi connectivity index (χ3n) is 3.36. The first kappa shape index (κ1) is 16.6. The van der Waals surface area contributed by atoms with E-state index in [0.29, 0.717) is 0 Å². The number of carbonyl (C=O) groups is 1. The van der Waals surface area contributed by atoms with Crippen LogP contribution in [0, 0.1) is 0 Å². The number of esters is 1. The van der Waals surface area contributed by atoms with Crippen molar-refractivity contribution in [3.05, 3.63) is 90.5 Å². The van der Waals surface area contributed by atoms with E-state index in [4.69, 9.17) is 4.74 Å². The molecule has 0 aliphatic heterocycles. The first-order valence-electron chi connectivity index (χ1n) is 7.57. The molecule has 0 fully saturated rings. The van der Waals surface area contributed by atoms with Crippen LogP contribution in [0.15, 0.2) is 79.4 Å². The third-order valence-corrected chi connectivity index (χ3v) is 3.36. The van der Waals surface area contributed by atoms with E-state index in [1.165, 1.54) is 6.08 Å². The van der Waals surface area contributed by atoms with Crippen molar-refractivity contribution in [1.29, 1.82) is 0 Å². The molecule has 0 aromatic heterocycles. The summed E-state index contributed by atoms with van der Waals surface area (Å²) < 4.78 is 5.06. The maximum absolute atomic E-state index is 11.9. The van der Waals surface area contributed by atoms with Gasteiger partial charge in [0.15, 0.2) is 0 Å². The minimum atomic E-state index is -0.392. The summed E-state index contributed by atoms with van der Waals surface area (Å²) in [6, 6.07) is 19.9. The lowest BCUT2D eigenvalue weighted by Crippen LogP contribution is -2.18. The number of ether oxygens (including phenoxy) is 1. The van der Waals surface area contributed by atoms with Gasteiger partial charge >= 0.3 is 5.97 Å². The fraction of sp³-hybridized carbons (Fsp3) is 0.150. The largest absolute Gasteiger partial charge is 0.458 e. The lowest BCUT2D eigenvalue weighted by molar-refractivity contribution is -0.136. The van der Waals surface area contributed by atoms with Crippen LogP contribution in [0.4, 0.5) is 0 Å². The maximum atomic E-state index is 11.9. The van der Waals surface area contributed by atoms with E-state index < -0.39 is 5.97 Å². The van der Waals surface area contributed by atoms with Crippen molar-refractivity contribution in [3.63, 3.8) is 0 Å². The highest BCUT2D eigenvalue weighted by Gasteiger charge is 2.10. The second-order valence-electron chi connectivity index (χ2n) is 5.12. The highest BCUT2D eigenvalue weighted by Crippen LogP contribution is 2.18. The highest BCUT2D eigenvalue weighted by atomic mass is 16.5. The van der Waals surface area contributed by atoms with Gasteiger partial charge in [-0.25, -0.2) is 4.79 Å². The van der Waals surface area contributed by atoms with Gasteiger partial charge in [0.25, 0.3) is 0 Å². The minimum absolute atomic E-state index is 0.0647. The smallest absolute Gasteiger partial charge is 0.333 e. The van der Waals surface area contributed by atoms with Crippen molar-refractivity contribution in [3.8, 4) is 0 Å². The molecule has 1 atom stereocenters. The Morgan fingerprint density at radius 3 is 2.35 bits per heavy atom. The number of hydrogen-bond acceptors (Lipinski definition) is 3. The topological polar surface area (TPSA) is 38.3 Å². The first-order chi connectivity index (χ1) is 11.2. The molecule has 118 valence electrons. The Hall–Kier alpha value is -2.81. The van der Waals surface area contributed by atoms with Crippen LogP contribution in [0.1, 0.15) is 24.1 Å². The molecule has 0 spiro atoms. The summed E-state index contributed by atoms with van der Waals surface area (Å²) in [7, 11) is 0. The zero-order valence-corrected chi connectivity index (χ0v) is 13.2. The van der Waals surface area contributed by atoms with Crippen molar-refractivity contribution in [2.75, 3.05) is 6.61 Å². The van der Waals surface area contributed by atoms with Crippen molar-refractivity contribution >= 4 is 11.7 Å². The normalized spacial score (nSPS) is 12.3. The van der Waals surface area contributed by atoms with Crippen molar-refractivity contribution in [1.82, 2.24) is 5.32 Å². The SMILES string of the molecule is C=CCOC(=O)/C=C(\N[C@H](C)c1ccccc1)c1ccccc1. The van der Waals surface area contributed by atoms with Crippen molar-refractivity contribution in [2.24, 2.45) is 0 Å². The van der Waals surface area contributed by atoms with Gasteiger partial charge in [0.1, 0.15) is 6.61 Å². The predicted octanol–water partition coefficient (Wildman–Crippen LogP) is 4.11. The number of hydrogen-bond donors (Lipinski definition) is 1. The van der Waals surface area contributed by atoms with Crippen LogP contribution in [0.25, 0.3) is 5.70 Å². The molecule has 23 heavy (non-hydrogen) atoms. The second-order valence-corrected chi connectivity index (χ2v) is 5.12. The van der Waals surface area contributed by atoms with Crippen LogP contribution in [-0.4, -0.2) is 12.6 Å². The highest BCUT2D eigenvalue weighted by molar-refractivity contribution is 5.91. The lowest BCUT2D eigenvalue weighted by atomic mass is 10.1. The van der Waals surface area contributed by atoms with E-state index in [1.54, 1.807) is 6.08 Å². The summed E-state index contributed by atoms with van der Waals surface area (Å²) in [6.45, 7) is 5.80. The minimum Gasteiger partial charge on any atom is -0.458 e. The average molecular weight is 307 g/mol. The summed E-state index contributed by atoms with van der Waals surface area (Å²) in [5.41, 5.74) is 2.82. The molecule has 3 nitrogen and oxygen atoms in total. The van der Waals surface area contributed by atoms with E-state index in [1.807, 2.05) is 48.5 Å². The van der Waals surface area contributed by atoms with Gasteiger partial charge < -0.3 is 10.1 Å². The molecule has 1 N–H and O–H groups in total. The Morgan fingerprint density at radius 1 is 1.13 bits per heavy atom. The van der Waals surface area contributed by atoms with Gasteiger partial charge in [0.05, 0.1) is 0 Å². The number of rotatable bonds is 7. The van der Waals surface area contributed by atoms with Crippen LogP contribution in [0.3, 0.4) is 0 Å². The Bertz CT molecular complexity index is 663. The van der Waals surface area contributed by atoms with Crippen LogP contribution in [-0.2, 0) is 9.53 Å². The van der Waals surface area contributed by atoms with Gasteiger partial charge in [-0.15, -0.1) is 0 Å². The summed E-state index contributed by atoms with van der Waals surface area (Å²) in [6.07, 6.45) is 3.03. The van der Waals surface area contributed by atoms with Crippen LogP contribution >= 0.6 is 0 Å². The standard InChI is InChI=1S/C20H21NO2/c1-3-14-23-20(22)15-19(18-12-8-5-9-13-18)21-16(2)17-10-6-4-7-11-17/h3-13,15-16,21H,1,14H2,2H3/b19-15-/t16-/m1/s1. The summed E-state index contributed by atoms with van der Waals surface area (Å²) in [5.74, 6) is -0.392. The molecule has 0 heterocycles. The zero-order valence-electron chi connectivity index (χ0n) is 13.2. The molecular formula is C20H21NO2. The summed E-state index contributed by atoms with van der Waals surface area (Å²) >= 11 is 0. The van der Waals surface area contributed by atoms with Crippen LogP contribution < -0.4 is 5.32 Å². The number of benzene rings is 2. The first-order valence-corrected chi connectivity index (χ1v) is 7.57. The maximum Gasteiger partial charge on any atom is 0.333 e. The quantitative estimate of drug-likeness (QED) is 0.475. The van der Waals surface area contributed by atoms with Crippen molar-refractivity contribution in [2.45, 2.75) is 13.0 Å². The molecule has 2 aromatic rings. The van der Waals surface area contributed by atoms with Gasteiger partial charge in [-0.2, -0.15) is 0 Å². The second kappa shape index (κ2) is 8.59. The summed E-state index contributed by atoms with van der Waals surface area (Å²) in [4.78, 5) is 11.9. The lowest BCUT2D eigenvalue weighted by Gasteiger charge is -2.18. The molecule has 2 aromatic carbocycles. The number of carbonyl (C=O) groups excluding carboxylic acids is 1. The molecule has 0 saturated carbocycles. The van der Waals surface area contributed by atoms with E-state index in [9.17, 15) is 4.79 Å². The Labute approximate surface area is 137 Å². The molecule has 0 bridgehead atoms. The Balaban J connectivity index is 2.22. The molecular weight excluding hydrogens is 286 g/mol. The van der Waals surface area contributed by atoms with E-state index in [-0.39, 0.29) is 12.6 Å². The fourth-order valence-electron chi connectivity index (χ4n) is 2.18. The molecule has 0 saturated heterocycles. The molecule has 3 heteroatoms. The molecule has 0 aliphatic carbocycles. The van der Waals surface area contributed by atoms with Crippen molar-refractivity contribution < 1.29 is 9.53 Å². The molecule has 2 rings (SSSR count). The molecule has 0 aliphatic rings. The molecule has 0 radical (unpaired) electrons. The monoisotopic (exact) mass is 307 g/mol. The Morgan fingerprint density at radius 2 is 1.74 bits per heavy atom.